The number of para-hydroxylation sites is 1. The highest BCUT2D eigenvalue weighted by atomic mass is 32.2. The summed E-state index contributed by atoms with van der Waals surface area (Å²) in [4.78, 5) is 27.8. The van der Waals surface area contributed by atoms with Crippen molar-refractivity contribution in [1.29, 1.82) is 5.26 Å². The number of hydrogen-bond donors (Lipinski definition) is 1. The van der Waals surface area contributed by atoms with Crippen molar-refractivity contribution >= 4 is 35.0 Å². The number of nitrogens with one attached hydrogen (secondary N) is 1. The van der Waals surface area contributed by atoms with Crippen molar-refractivity contribution in [2.24, 2.45) is 0 Å². The maximum Gasteiger partial charge on any atom is 0.269 e. The minimum absolute atomic E-state index is 0.139. The summed E-state index contributed by atoms with van der Waals surface area (Å²) in [5, 5.41) is 12.3. The SMILES string of the molecule is Cc1ccc(N2C(=O)[C@@H](Cc3ccc(F)cc3)S/C2=C(/C#N)C(=O)Nc2ccccc2)cc1. The fourth-order valence-electron chi connectivity index (χ4n) is 3.47. The lowest BCUT2D eigenvalue weighted by molar-refractivity contribution is -0.117. The van der Waals surface area contributed by atoms with Gasteiger partial charge in [-0.2, -0.15) is 5.26 Å². The highest BCUT2D eigenvalue weighted by Gasteiger charge is 2.40. The van der Waals surface area contributed by atoms with E-state index >= 15 is 0 Å². The van der Waals surface area contributed by atoms with Gasteiger partial charge >= 0.3 is 0 Å². The quantitative estimate of drug-likeness (QED) is 0.422. The summed E-state index contributed by atoms with van der Waals surface area (Å²) in [5.74, 6) is -1.17. The van der Waals surface area contributed by atoms with Crippen LogP contribution in [0.15, 0.2) is 89.5 Å². The molecular weight excluding hydrogens is 437 g/mol. The second-order valence-electron chi connectivity index (χ2n) is 7.56. The molecule has 1 fully saturated rings. The van der Waals surface area contributed by atoms with E-state index in [1.807, 2.05) is 31.2 Å². The fourth-order valence-corrected chi connectivity index (χ4v) is 4.77. The molecule has 0 spiro atoms. The maximum atomic E-state index is 13.4. The molecule has 0 bridgehead atoms. The predicted molar refractivity (Wildman–Crippen MR) is 128 cm³/mol. The zero-order valence-electron chi connectivity index (χ0n) is 17.8. The molecule has 0 unspecified atom stereocenters. The van der Waals surface area contributed by atoms with E-state index in [2.05, 4.69) is 5.32 Å². The number of amides is 2. The van der Waals surface area contributed by atoms with Gasteiger partial charge < -0.3 is 5.32 Å². The minimum Gasteiger partial charge on any atom is -0.321 e. The summed E-state index contributed by atoms with van der Waals surface area (Å²) in [6.07, 6.45) is 0.342. The van der Waals surface area contributed by atoms with Crippen molar-refractivity contribution in [3.63, 3.8) is 0 Å². The number of nitrogens with zero attached hydrogens (tertiary/aromatic N) is 2. The van der Waals surface area contributed by atoms with Crippen LogP contribution in [0.2, 0.25) is 0 Å². The number of thioether (sulfide) groups is 1. The first kappa shape index (κ1) is 22.3. The Hall–Kier alpha value is -3.89. The lowest BCUT2D eigenvalue weighted by Crippen LogP contribution is -2.30. The third-order valence-electron chi connectivity index (χ3n) is 5.16. The highest BCUT2D eigenvalue weighted by Crippen LogP contribution is 2.42. The Labute approximate surface area is 195 Å². The first-order chi connectivity index (χ1) is 16.0. The van der Waals surface area contributed by atoms with Crippen LogP contribution in [0.1, 0.15) is 11.1 Å². The summed E-state index contributed by atoms with van der Waals surface area (Å²) in [5.41, 5.74) is 2.80. The molecule has 5 nitrogen and oxygen atoms in total. The molecular formula is C26H20FN3O2S. The van der Waals surface area contributed by atoms with Gasteiger partial charge in [-0.3, -0.25) is 14.5 Å². The molecule has 4 rings (SSSR count). The molecule has 33 heavy (non-hydrogen) atoms. The lowest BCUT2D eigenvalue weighted by Gasteiger charge is -2.19. The van der Waals surface area contributed by atoms with Gasteiger partial charge in [0.2, 0.25) is 5.91 Å². The van der Waals surface area contributed by atoms with Crippen LogP contribution in [0.5, 0.6) is 0 Å². The van der Waals surface area contributed by atoms with Crippen LogP contribution in [0.3, 0.4) is 0 Å². The third kappa shape index (κ3) is 4.97. The predicted octanol–water partition coefficient (Wildman–Crippen LogP) is 5.20. The molecule has 1 saturated heterocycles. The third-order valence-corrected chi connectivity index (χ3v) is 6.43. The number of aryl methyl sites for hydroxylation is 1. The van der Waals surface area contributed by atoms with Gasteiger partial charge in [0.15, 0.2) is 0 Å². The molecule has 0 saturated carbocycles. The molecule has 1 aliphatic rings. The first-order valence-corrected chi connectivity index (χ1v) is 11.2. The molecule has 7 heteroatoms. The van der Waals surface area contributed by atoms with E-state index in [0.29, 0.717) is 17.8 Å². The van der Waals surface area contributed by atoms with E-state index in [1.54, 1.807) is 48.5 Å². The molecule has 2 amide bonds. The molecule has 1 atom stereocenters. The van der Waals surface area contributed by atoms with Crippen LogP contribution in [-0.2, 0) is 16.0 Å². The van der Waals surface area contributed by atoms with E-state index in [-0.39, 0.29) is 22.3 Å². The Kier molecular flexibility index (Phi) is 6.57. The molecule has 3 aromatic rings. The topological polar surface area (TPSA) is 73.2 Å². The van der Waals surface area contributed by atoms with Gasteiger partial charge in [-0.1, -0.05) is 59.8 Å². The summed E-state index contributed by atoms with van der Waals surface area (Å²) in [7, 11) is 0. The number of carbonyl (C=O) groups is 2. The van der Waals surface area contributed by atoms with Crippen molar-refractivity contribution < 1.29 is 14.0 Å². The number of rotatable bonds is 5. The average Bonchev–Trinajstić information content (AvgIpc) is 3.12. The van der Waals surface area contributed by atoms with E-state index in [4.69, 9.17) is 0 Å². The fraction of sp³-hybridized carbons (Fsp3) is 0.115. The Morgan fingerprint density at radius 1 is 1.06 bits per heavy atom. The van der Waals surface area contributed by atoms with Gasteiger partial charge in [-0.05, 0) is 55.3 Å². The molecule has 1 N–H and O–H groups in total. The number of halogens is 1. The zero-order chi connectivity index (χ0) is 23.4. The van der Waals surface area contributed by atoms with E-state index in [9.17, 15) is 19.2 Å². The van der Waals surface area contributed by atoms with Crippen molar-refractivity contribution in [3.8, 4) is 6.07 Å². The molecule has 0 radical (unpaired) electrons. The van der Waals surface area contributed by atoms with Crippen LogP contribution in [-0.4, -0.2) is 17.1 Å². The lowest BCUT2D eigenvalue weighted by atomic mass is 10.1. The van der Waals surface area contributed by atoms with Crippen molar-refractivity contribution in [2.75, 3.05) is 10.2 Å². The van der Waals surface area contributed by atoms with Crippen LogP contribution in [0.4, 0.5) is 15.8 Å². The number of nitriles is 1. The number of benzene rings is 3. The van der Waals surface area contributed by atoms with Crippen molar-refractivity contribution in [2.45, 2.75) is 18.6 Å². The van der Waals surface area contributed by atoms with Crippen LogP contribution in [0, 0.1) is 24.1 Å². The van der Waals surface area contributed by atoms with E-state index in [1.165, 1.54) is 28.8 Å². The van der Waals surface area contributed by atoms with Crippen molar-refractivity contribution in [3.05, 3.63) is 106 Å². The first-order valence-electron chi connectivity index (χ1n) is 10.3. The molecule has 3 aromatic carbocycles. The molecule has 0 aliphatic carbocycles. The Morgan fingerprint density at radius 2 is 1.73 bits per heavy atom. The highest BCUT2D eigenvalue weighted by molar-refractivity contribution is 8.05. The van der Waals surface area contributed by atoms with Crippen LogP contribution >= 0.6 is 11.8 Å². The van der Waals surface area contributed by atoms with Gasteiger partial charge in [0.25, 0.3) is 5.91 Å². The smallest absolute Gasteiger partial charge is 0.269 e. The second-order valence-corrected chi connectivity index (χ2v) is 8.75. The minimum atomic E-state index is -0.585. The second kappa shape index (κ2) is 9.72. The van der Waals surface area contributed by atoms with Crippen LogP contribution < -0.4 is 10.2 Å². The van der Waals surface area contributed by atoms with Gasteiger partial charge in [-0.25, -0.2) is 4.39 Å². The van der Waals surface area contributed by atoms with Crippen molar-refractivity contribution in [1.82, 2.24) is 0 Å². The molecule has 164 valence electrons. The summed E-state index contributed by atoms with van der Waals surface area (Å²) >= 11 is 1.18. The van der Waals surface area contributed by atoms with Gasteiger partial charge in [0.1, 0.15) is 22.5 Å². The van der Waals surface area contributed by atoms with E-state index in [0.717, 1.165) is 11.1 Å². The Bertz CT molecular complexity index is 1250. The average molecular weight is 458 g/mol. The zero-order valence-corrected chi connectivity index (χ0v) is 18.6. The molecule has 1 aliphatic heterocycles. The number of anilines is 2. The Morgan fingerprint density at radius 3 is 2.36 bits per heavy atom. The van der Waals surface area contributed by atoms with Gasteiger partial charge in [0.05, 0.1) is 5.25 Å². The van der Waals surface area contributed by atoms with E-state index < -0.39 is 11.2 Å². The van der Waals surface area contributed by atoms with Gasteiger partial charge in [0, 0.05) is 11.4 Å². The number of carbonyl (C=O) groups excluding carboxylic acids is 2. The molecule has 0 aromatic heterocycles. The standard InChI is InChI=1S/C26H20FN3O2S/c1-17-7-13-21(14-8-17)30-25(32)23(15-18-9-11-19(27)12-10-18)33-26(30)22(16-28)24(31)29-20-5-3-2-4-6-20/h2-14,23H,15H2,1H3,(H,29,31)/b26-22-/t23-/m1/s1. The Balaban J connectivity index is 1.72. The van der Waals surface area contributed by atoms with Crippen LogP contribution in [0.25, 0.3) is 0 Å². The summed E-state index contributed by atoms with van der Waals surface area (Å²) in [6.45, 7) is 1.94. The normalized spacial score (nSPS) is 16.9. The maximum absolute atomic E-state index is 13.4. The molecule has 1 heterocycles. The summed E-state index contributed by atoms with van der Waals surface area (Å²) in [6, 6.07) is 24.1. The monoisotopic (exact) mass is 457 g/mol. The van der Waals surface area contributed by atoms with Gasteiger partial charge in [-0.15, -0.1) is 0 Å². The number of hydrogen-bond acceptors (Lipinski definition) is 4. The summed E-state index contributed by atoms with van der Waals surface area (Å²) < 4.78 is 13.3. The largest absolute Gasteiger partial charge is 0.321 e.